The van der Waals surface area contributed by atoms with E-state index in [-0.39, 0.29) is 23.4 Å². The minimum Gasteiger partial charge on any atom is -0.478 e. The van der Waals surface area contributed by atoms with E-state index >= 15 is 0 Å². The number of carboxylic acid groups (broad SMARTS) is 1. The van der Waals surface area contributed by atoms with Crippen molar-refractivity contribution >= 4 is 11.9 Å². The van der Waals surface area contributed by atoms with Crippen molar-refractivity contribution in [2.24, 2.45) is 0 Å². The van der Waals surface area contributed by atoms with Gasteiger partial charge in [-0.15, -0.1) is 0 Å². The molecule has 1 amide bonds. The highest BCUT2D eigenvalue weighted by molar-refractivity contribution is 6.03. The quantitative estimate of drug-likeness (QED) is 0.849. The number of carbonyl (C=O) groups excluding carboxylic acids is 1. The van der Waals surface area contributed by atoms with Gasteiger partial charge in [0.2, 0.25) is 0 Å². The molecule has 19 heavy (non-hydrogen) atoms. The van der Waals surface area contributed by atoms with Gasteiger partial charge in [-0.3, -0.25) is 9.78 Å². The molecule has 0 aliphatic heterocycles. The molecule has 2 unspecified atom stereocenters. The highest BCUT2D eigenvalue weighted by atomic mass is 16.5. The predicted molar refractivity (Wildman–Crippen MR) is 67.1 cm³/mol. The summed E-state index contributed by atoms with van der Waals surface area (Å²) < 4.78 is 5.29. The summed E-state index contributed by atoms with van der Waals surface area (Å²) in [5.74, 6) is -1.63. The van der Waals surface area contributed by atoms with Crippen molar-refractivity contribution in [3.63, 3.8) is 0 Å². The SMILES string of the molecule is COC1CCCC1NC(=O)c1ncccc1C(=O)O. The second kappa shape index (κ2) is 5.79. The molecule has 0 aromatic carbocycles. The average molecular weight is 264 g/mol. The molecule has 1 aliphatic rings. The first-order valence-electron chi connectivity index (χ1n) is 6.15. The van der Waals surface area contributed by atoms with Crippen LogP contribution < -0.4 is 5.32 Å². The fourth-order valence-corrected chi connectivity index (χ4v) is 2.37. The Labute approximate surface area is 110 Å². The van der Waals surface area contributed by atoms with E-state index in [2.05, 4.69) is 10.3 Å². The number of hydrogen-bond donors (Lipinski definition) is 2. The fourth-order valence-electron chi connectivity index (χ4n) is 2.37. The van der Waals surface area contributed by atoms with Gasteiger partial charge in [0, 0.05) is 13.3 Å². The maximum atomic E-state index is 12.1. The Bertz CT molecular complexity index is 489. The number of pyridine rings is 1. The van der Waals surface area contributed by atoms with E-state index in [1.807, 2.05) is 0 Å². The van der Waals surface area contributed by atoms with Gasteiger partial charge >= 0.3 is 5.97 Å². The number of carbonyl (C=O) groups is 2. The number of aromatic carboxylic acids is 1. The summed E-state index contributed by atoms with van der Waals surface area (Å²) in [5.41, 5.74) is -0.149. The molecule has 6 nitrogen and oxygen atoms in total. The van der Waals surface area contributed by atoms with Crippen LogP contribution in [0.3, 0.4) is 0 Å². The van der Waals surface area contributed by atoms with Gasteiger partial charge in [-0.25, -0.2) is 4.79 Å². The largest absolute Gasteiger partial charge is 0.478 e. The normalized spacial score (nSPS) is 22.2. The molecule has 2 atom stereocenters. The minimum atomic E-state index is -1.16. The van der Waals surface area contributed by atoms with Crippen molar-refractivity contribution in [1.29, 1.82) is 0 Å². The number of rotatable bonds is 4. The lowest BCUT2D eigenvalue weighted by atomic mass is 10.1. The number of nitrogens with zero attached hydrogens (tertiary/aromatic N) is 1. The van der Waals surface area contributed by atoms with Crippen LogP contribution in [0.15, 0.2) is 18.3 Å². The number of carboxylic acids is 1. The Morgan fingerprint density at radius 3 is 2.95 bits per heavy atom. The molecule has 2 N–H and O–H groups in total. The molecular formula is C13H16N2O4. The molecule has 1 heterocycles. The van der Waals surface area contributed by atoms with Gasteiger partial charge in [-0.05, 0) is 31.4 Å². The molecular weight excluding hydrogens is 248 g/mol. The third-order valence-corrected chi connectivity index (χ3v) is 3.32. The molecule has 2 rings (SSSR count). The lowest BCUT2D eigenvalue weighted by Gasteiger charge is -2.19. The Hall–Kier alpha value is -1.95. The summed E-state index contributed by atoms with van der Waals surface area (Å²) in [6, 6.07) is 2.78. The topological polar surface area (TPSA) is 88.5 Å². The van der Waals surface area contributed by atoms with Crippen LogP contribution in [0.25, 0.3) is 0 Å². The van der Waals surface area contributed by atoms with Crippen LogP contribution in [0, 0.1) is 0 Å². The van der Waals surface area contributed by atoms with Crippen molar-refractivity contribution in [2.45, 2.75) is 31.4 Å². The monoisotopic (exact) mass is 264 g/mol. The molecule has 1 saturated carbocycles. The summed E-state index contributed by atoms with van der Waals surface area (Å²) in [7, 11) is 1.61. The second-order valence-electron chi connectivity index (χ2n) is 4.49. The Balaban J connectivity index is 2.14. The average Bonchev–Trinajstić information content (AvgIpc) is 2.85. The van der Waals surface area contributed by atoms with Gasteiger partial charge in [-0.2, -0.15) is 0 Å². The standard InChI is InChI=1S/C13H16N2O4/c1-19-10-6-2-5-9(10)15-12(16)11-8(13(17)18)4-3-7-14-11/h3-4,7,9-10H,2,5-6H2,1H3,(H,15,16)(H,17,18). The van der Waals surface area contributed by atoms with Gasteiger partial charge in [0.1, 0.15) is 5.69 Å². The summed E-state index contributed by atoms with van der Waals surface area (Å²) in [6.07, 6.45) is 4.11. The van der Waals surface area contributed by atoms with E-state index in [0.29, 0.717) is 0 Å². The fraction of sp³-hybridized carbons (Fsp3) is 0.462. The van der Waals surface area contributed by atoms with Gasteiger partial charge in [0.25, 0.3) is 5.91 Å². The van der Waals surface area contributed by atoms with Gasteiger partial charge in [0.15, 0.2) is 0 Å². The third-order valence-electron chi connectivity index (χ3n) is 3.32. The lowest BCUT2D eigenvalue weighted by Crippen LogP contribution is -2.41. The lowest BCUT2D eigenvalue weighted by molar-refractivity contribution is 0.0675. The zero-order valence-corrected chi connectivity index (χ0v) is 10.6. The summed E-state index contributed by atoms with van der Waals surface area (Å²) >= 11 is 0. The molecule has 0 radical (unpaired) electrons. The van der Waals surface area contributed by atoms with E-state index in [4.69, 9.17) is 9.84 Å². The van der Waals surface area contributed by atoms with Crippen LogP contribution in [0.4, 0.5) is 0 Å². The first kappa shape index (κ1) is 13.5. The van der Waals surface area contributed by atoms with E-state index in [1.165, 1.54) is 18.3 Å². The van der Waals surface area contributed by atoms with Crippen LogP contribution in [-0.2, 0) is 4.74 Å². The summed E-state index contributed by atoms with van der Waals surface area (Å²) in [5, 5.41) is 11.8. The molecule has 1 aromatic heterocycles. The van der Waals surface area contributed by atoms with Crippen molar-refractivity contribution < 1.29 is 19.4 Å². The number of methoxy groups -OCH3 is 1. The molecule has 0 saturated heterocycles. The Morgan fingerprint density at radius 2 is 2.26 bits per heavy atom. The van der Waals surface area contributed by atoms with Crippen LogP contribution in [-0.4, -0.2) is 41.2 Å². The zero-order chi connectivity index (χ0) is 13.8. The maximum Gasteiger partial charge on any atom is 0.338 e. The van der Waals surface area contributed by atoms with Gasteiger partial charge in [-0.1, -0.05) is 0 Å². The maximum absolute atomic E-state index is 12.1. The molecule has 6 heteroatoms. The second-order valence-corrected chi connectivity index (χ2v) is 4.49. The summed E-state index contributed by atoms with van der Waals surface area (Å²) in [4.78, 5) is 27.0. The van der Waals surface area contributed by atoms with E-state index in [9.17, 15) is 9.59 Å². The number of aromatic nitrogens is 1. The smallest absolute Gasteiger partial charge is 0.338 e. The first-order chi connectivity index (χ1) is 9.13. The van der Waals surface area contributed by atoms with Crippen molar-refractivity contribution in [3.05, 3.63) is 29.6 Å². The highest BCUT2D eigenvalue weighted by Crippen LogP contribution is 2.22. The zero-order valence-electron chi connectivity index (χ0n) is 10.6. The number of amides is 1. The molecule has 1 aliphatic carbocycles. The van der Waals surface area contributed by atoms with Crippen LogP contribution in [0.5, 0.6) is 0 Å². The first-order valence-corrected chi connectivity index (χ1v) is 6.15. The van der Waals surface area contributed by atoms with E-state index in [0.717, 1.165) is 19.3 Å². The van der Waals surface area contributed by atoms with Crippen molar-refractivity contribution in [1.82, 2.24) is 10.3 Å². The van der Waals surface area contributed by atoms with Crippen LogP contribution in [0.1, 0.15) is 40.1 Å². The molecule has 1 fully saturated rings. The summed E-state index contributed by atoms with van der Waals surface area (Å²) in [6.45, 7) is 0. The van der Waals surface area contributed by atoms with E-state index < -0.39 is 11.9 Å². The van der Waals surface area contributed by atoms with E-state index in [1.54, 1.807) is 7.11 Å². The van der Waals surface area contributed by atoms with Crippen molar-refractivity contribution in [2.75, 3.05) is 7.11 Å². The van der Waals surface area contributed by atoms with Gasteiger partial charge in [0.05, 0.1) is 17.7 Å². The number of nitrogens with one attached hydrogen (secondary N) is 1. The molecule has 102 valence electrons. The highest BCUT2D eigenvalue weighted by Gasteiger charge is 2.30. The van der Waals surface area contributed by atoms with Crippen molar-refractivity contribution in [3.8, 4) is 0 Å². The molecule has 0 spiro atoms. The molecule has 0 bridgehead atoms. The third kappa shape index (κ3) is 2.90. The number of ether oxygens (including phenoxy) is 1. The Kier molecular flexibility index (Phi) is 4.11. The van der Waals surface area contributed by atoms with Crippen LogP contribution in [0.2, 0.25) is 0 Å². The van der Waals surface area contributed by atoms with Crippen LogP contribution >= 0.6 is 0 Å². The predicted octanol–water partition coefficient (Wildman–Crippen LogP) is 1.08. The Morgan fingerprint density at radius 1 is 1.47 bits per heavy atom. The molecule has 1 aromatic rings. The van der Waals surface area contributed by atoms with Gasteiger partial charge < -0.3 is 15.2 Å². The minimum absolute atomic E-state index is 0.0130. The number of hydrogen-bond acceptors (Lipinski definition) is 4.